The molecule has 18 heavy (non-hydrogen) atoms. The number of aliphatic hydroxyl groups excluding tert-OH is 1. The molecule has 0 spiro atoms. The zero-order valence-electron chi connectivity index (χ0n) is 10.4. The lowest BCUT2D eigenvalue weighted by Gasteiger charge is -2.21. The number of fused-ring (bicyclic) bond motifs is 1. The molecule has 1 aromatic heterocycles. The van der Waals surface area contributed by atoms with Crippen molar-refractivity contribution in [1.29, 1.82) is 0 Å². The van der Waals surface area contributed by atoms with E-state index in [2.05, 4.69) is 11.5 Å². The summed E-state index contributed by atoms with van der Waals surface area (Å²) in [4.78, 5) is 0. The summed E-state index contributed by atoms with van der Waals surface area (Å²) in [5.41, 5.74) is 4.59. The van der Waals surface area contributed by atoms with Crippen LogP contribution in [0, 0.1) is 6.92 Å². The molecule has 0 amide bonds. The SMILES string of the molecule is Cc1ccc(Cl)cc1-n1ccc2c1CCCC2O. The van der Waals surface area contributed by atoms with Crippen LogP contribution in [-0.2, 0) is 6.42 Å². The Bertz CT molecular complexity index is 588. The Kier molecular flexibility index (Phi) is 2.92. The number of hydrogen-bond donors (Lipinski definition) is 1. The average molecular weight is 262 g/mol. The van der Waals surface area contributed by atoms with E-state index in [9.17, 15) is 5.11 Å². The van der Waals surface area contributed by atoms with Gasteiger partial charge in [-0.1, -0.05) is 17.7 Å². The first kappa shape index (κ1) is 11.8. The third kappa shape index (κ3) is 1.86. The Labute approximate surface area is 112 Å². The first-order chi connectivity index (χ1) is 8.66. The van der Waals surface area contributed by atoms with Gasteiger partial charge < -0.3 is 9.67 Å². The molecule has 94 valence electrons. The molecule has 0 radical (unpaired) electrons. The Balaban J connectivity index is 2.15. The van der Waals surface area contributed by atoms with Crippen LogP contribution in [0.4, 0.5) is 0 Å². The maximum absolute atomic E-state index is 10.0. The fraction of sp³-hybridized carbons (Fsp3) is 0.333. The molecule has 1 heterocycles. The van der Waals surface area contributed by atoms with Gasteiger partial charge in [-0.15, -0.1) is 0 Å². The topological polar surface area (TPSA) is 25.2 Å². The minimum Gasteiger partial charge on any atom is -0.388 e. The summed E-state index contributed by atoms with van der Waals surface area (Å²) in [6, 6.07) is 7.95. The summed E-state index contributed by atoms with van der Waals surface area (Å²) in [6.45, 7) is 2.08. The van der Waals surface area contributed by atoms with Gasteiger partial charge >= 0.3 is 0 Å². The zero-order chi connectivity index (χ0) is 12.7. The van der Waals surface area contributed by atoms with E-state index in [1.165, 1.54) is 11.3 Å². The van der Waals surface area contributed by atoms with E-state index in [0.717, 1.165) is 35.5 Å². The highest BCUT2D eigenvalue weighted by Gasteiger charge is 2.22. The van der Waals surface area contributed by atoms with Gasteiger partial charge in [0.25, 0.3) is 0 Å². The molecular weight excluding hydrogens is 246 g/mol. The first-order valence-corrected chi connectivity index (χ1v) is 6.69. The number of hydrogen-bond acceptors (Lipinski definition) is 1. The lowest BCUT2D eigenvalue weighted by molar-refractivity contribution is 0.156. The van der Waals surface area contributed by atoms with Gasteiger partial charge in [-0.3, -0.25) is 0 Å². The van der Waals surface area contributed by atoms with Crippen LogP contribution < -0.4 is 0 Å². The Morgan fingerprint density at radius 3 is 3.00 bits per heavy atom. The molecule has 1 atom stereocenters. The highest BCUT2D eigenvalue weighted by Crippen LogP contribution is 2.33. The molecule has 0 saturated carbocycles. The highest BCUT2D eigenvalue weighted by molar-refractivity contribution is 6.30. The molecule has 1 aliphatic rings. The quantitative estimate of drug-likeness (QED) is 0.830. The predicted octanol–water partition coefficient (Wildman–Crippen LogP) is 3.81. The largest absolute Gasteiger partial charge is 0.388 e. The Hall–Kier alpha value is -1.25. The summed E-state index contributed by atoms with van der Waals surface area (Å²) in [5, 5.41) is 10.8. The lowest BCUT2D eigenvalue weighted by Crippen LogP contribution is -2.11. The smallest absolute Gasteiger partial charge is 0.0807 e. The number of aryl methyl sites for hydroxylation is 1. The number of aliphatic hydroxyl groups is 1. The van der Waals surface area contributed by atoms with Crippen molar-refractivity contribution < 1.29 is 5.11 Å². The summed E-state index contributed by atoms with van der Waals surface area (Å²) >= 11 is 6.08. The van der Waals surface area contributed by atoms with Crippen LogP contribution in [0.1, 0.15) is 35.8 Å². The van der Waals surface area contributed by atoms with E-state index >= 15 is 0 Å². The molecule has 0 saturated heterocycles. The standard InChI is InChI=1S/C15H16ClNO/c1-10-5-6-11(16)9-14(10)17-8-7-12-13(17)3-2-4-15(12)18/h5-9,15,18H,2-4H2,1H3. The number of rotatable bonds is 1. The third-order valence-electron chi connectivity index (χ3n) is 3.71. The van der Waals surface area contributed by atoms with Crippen molar-refractivity contribution in [3.63, 3.8) is 0 Å². The predicted molar refractivity (Wildman–Crippen MR) is 73.4 cm³/mol. The maximum Gasteiger partial charge on any atom is 0.0807 e. The van der Waals surface area contributed by atoms with Crippen LogP contribution in [0.5, 0.6) is 0 Å². The molecule has 0 bridgehead atoms. The van der Waals surface area contributed by atoms with Crippen LogP contribution in [-0.4, -0.2) is 9.67 Å². The van der Waals surface area contributed by atoms with Crippen LogP contribution in [0.25, 0.3) is 5.69 Å². The van der Waals surface area contributed by atoms with Crippen LogP contribution >= 0.6 is 11.6 Å². The van der Waals surface area contributed by atoms with Gasteiger partial charge in [-0.05, 0) is 49.9 Å². The fourth-order valence-corrected chi connectivity index (χ4v) is 2.90. The molecule has 2 aromatic rings. The molecule has 0 fully saturated rings. The number of halogens is 1. The lowest BCUT2D eigenvalue weighted by atomic mass is 9.95. The van der Waals surface area contributed by atoms with Gasteiger partial charge in [-0.2, -0.15) is 0 Å². The number of aromatic nitrogens is 1. The van der Waals surface area contributed by atoms with E-state index in [4.69, 9.17) is 11.6 Å². The molecule has 0 aliphatic heterocycles. The third-order valence-corrected chi connectivity index (χ3v) is 3.94. The summed E-state index contributed by atoms with van der Waals surface area (Å²) < 4.78 is 2.17. The van der Waals surface area contributed by atoms with Crippen molar-refractivity contribution in [1.82, 2.24) is 4.57 Å². The van der Waals surface area contributed by atoms with Gasteiger partial charge in [0.2, 0.25) is 0 Å². The van der Waals surface area contributed by atoms with E-state index in [1.54, 1.807) is 0 Å². The second kappa shape index (κ2) is 4.45. The van der Waals surface area contributed by atoms with Crippen molar-refractivity contribution in [2.75, 3.05) is 0 Å². The zero-order valence-corrected chi connectivity index (χ0v) is 11.1. The summed E-state index contributed by atoms with van der Waals surface area (Å²) in [6.07, 6.45) is 4.65. The van der Waals surface area contributed by atoms with Crippen LogP contribution in [0.15, 0.2) is 30.5 Å². The number of benzene rings is 1. The van der Waals surface area contributed by atoms with E-state index in [0.29, 0.717) is 0 Å². The molecule has 1 N–H and O–H groups in total. The molecule has 1 aliphatic carbocycles. The molecule has 1 aromatic carbocycles. The maximum atomic E-state index is 10.0. The Morgan fingerprint density at radius 1 is 1.33 bits per heavy atom. The van der Waals surface area contributed by atoms with Crippen molar-refractivity contribution in [3.8, 4) is 5.69 Å². The second-order valence-corrected chi connectivity index (χ2v) is 5.36. The summed E-state index contributed by atoms with van der Waals surface area (Å²) in [7, 11) is 0. The van der Waals surface area contributed by atoms with Gasteiger partial charge in [0.15, 0.2) is 0 Å². The minimum absolute atomic E-state index is 0.311. The van der Waals surface area contributed by atoms with Gasteiger partial charge in [0.05, 0.1) is 6.10 Å². The Morgan fingerprint density at radius 2 is 2.17 bits per heavy atom. The van der Waals surface area contributed by atoms with Crippen molar-refractivity contribution >= 4 is 11.6 Å². The van der Waals surface area contributed by atoms with Crippen LogP contribution in [0.2, 0.25) is 5.02 Å². The van der Waals surface area contributed by atoms with Crippen molar-refractivity contribution in [2.45, 2.75) is 32.3 Å². The normalized spacial score (nSPS) is 18.7. The molecule has 3 rings (SSSR count). The van der Waals surface area contributed by atoms with Gasteiger partial charge in [0.1, 0.15) is 0 Å². The minimum atomic E-state index is -0.311. The molecular formula is C15H16ClNO. The first-order valence-electron chi connectivity index (χ1n) is 6.31. The second-order valence-electron chi connectivity index (χ2n) is 4.93. The van der Waals surface area contributed by atoms with E-state index in [1.807, 2.05) is 30.5 Å². The van der Waals surface area contributed by atoms with Crippen molar-refractivity contribution in [2.24, 2.45) is 0 Å². The average Bonchev–Trinajstić information content (AvgIpc) is 2.77. The molecule has 1 unspecified atom stereocenters. The highest BCUT2D eigenvalue weighted by atomic mass is 35.5. The number of nitrogens with zero attached hydrogens (tertiary/aromatic N) is 1. The van der Waals surface area contributed by atoms with Crippen LogP contribution in [0.3, 0.4) is 0 Å². The van der Waals surface area contributed by atoms with Crippen molar-refractivity contribution in [3.05, 3.63) is 52.3 Å². The van der Waals surface area contributed by atoms with Gasteiger partial charge in [-0.25, -0.2) is 0 Å². The molecule has 2 nitrogen and oxygen atoms in total. The monoisotopic (exact) mass is 261 g/mol. The van der Waals surface area contributed by atoms with Gasteiger partial charge in [0, 0.05) is 28.2 Å². The van der Waals surface area contributed by atoms with E-state index in [-0.39, 0.29) is 6.10 Å². The molecule has 3 heteroatoms. The summed E-state index contributed by atoms with van der Waals surface area (Å²) in [5.74, 6) is 0. The fourth-order valence-electron chi connectivity index (χ4n) is 2.73. The van der Waals surface area contributed by atoms with E-state index < -0.39 is 0 Å².